The fourth-order valence-electron chi connectivity index (χ4n) is 4.31. The van der Waals surface area contributed by atoms with Gasteiger partial charge in [0.2, 0.25) is 0 Å². The molecule has 0 saturated heterocycles. The van der Waals surface area contributed by atoms with Gasteiger partial charge in [-0.15, -0.1) is 5.10 Å². The Balaban J connectivity index is 1.87. The molecule has 3 aromatic rings. The number of para-hydroxylation sites is 1. The Morgan fingerprint density at radius 3 is 2.44 bits per heavy atom. The van der Waals surface area contributed by atoms with Crippen LogP contribution in [0.4, 0.5) is 0 Å². The first-order valence-corrected chi connectivity index (χ1v) is 9.26. The van der Waals surface area contributed by atoms with Crippen molar-refractivity contribution in [3.63, 3.8) is 0 Å². The van der Waals surface area contributed by atoms with Crippen molar-refractivity contribution < 1.29 is 5.11 Å². The second-order valence-corrected chi connectivity index (χ2v) is 7.35. The van der Waals surface area contributed by atoms with Crippen LogP contribution in [-0.2, 0) is 5.54 Å². The van der Waals surface area contributed by atoms with Gasteiger partial charge in [-0.1, -0.05) is 66.9 Å². The van der Waals surface area contributed by atoms with Crippen molar-refractivity contribution in [1.29, 1.82) is 0 Å². The molecule has 2 atom stereocenters. The van der Waals surface area contributed by atoms with Crippen LogP contribution in [0.15, 0.2) is 54.6 Å². The quantitative estimate of drug-likeness (QED) is 0.780. The number of hydrogen-bond donors (Lipinski definition) is 1. The van der Waals surface area contributed by atoms with Gasteiger partial charge in [0.05, 0.1) is 11.6 Å². The minimum atomic E-state index is -0.640. The van der Waals surface area contributed by atoms with Gasteiger partial charge in [-0.2, -0.15) is 0 Å². The zero-order valence-corrected chi connectivity index (χ0v) is 14.7. The van der Waals surface area contributed by atoms with Crippen molar-refractivity contribution in [2.45, 2.75) is 50.7 Å². The summed E-state index contributed by atoms with van der Waals surface area (Å²) in [6.45, 7) is 2.10. The fraction of sp³-hybridized carbons (Fsp3) is 0.429. The Kier molecular flexibility index (Phi) is 4.30. The van der Waals surface area contributed by atoms with E-state index in [9.17, 15) is 5.11 Å². The molecule has 1 N–H and O–H groups in total. The molecule has 2 aromatic carbocycles. The number of fused-ring (bicyclic) bond motifs is 1. The molecule has 1 aliphatic rings. The van der Waals surface area contributed by atoms with E-state index in [1.165, 1.54) is 19.3 Å². The summed E-state index contributed by atoms with van der Waals surface area (Å²) < 4.78 is 1.93. The molecule has 1 fully saturated rings. The van der Waals surface area contributed by atoms with Gasteiger partial charge >= 0.3 is 0 Å². The molecule has 0 spiro atoms. The topological polar surface area (TPSA) is 50.9 Å². The maximum Gasteiger partial charge on any atom is 0.113 e. The first kappa shape index (κ1) is 16.3. The molecule has 25 heavy (non-hydrogen) atoms. The van der Waals surface area contributed by atoms with Crippen LogP contribution in [0.2, 0.25) is 0 Å². The largest absolute Gasteiger partial charge is 0.390 e. The number of rotatable bonds is 4. The van der Waals surface area contributed by atoms with Crippen LogP contribution in [0.25, 0.3) is 11.0 Å². The highest BCUT2D eigenvalue weighted by Gasteiger charge is 2.43. The zero-order valence-electron chi connectivity index (χ0n) is 14.7. The fourth-order valence-corrected chi connectivity index (χ4v) is 4.31. The highest BCUT2D eigenvalue weighted by atomic mass is 16.3. The molecular weight excluding hydrogens is 310 g/mol. The van der Waals surface area contributed by atoms with E-state index in [4.69, 9.17) is 0 Å². The highest BCUT2D eigenvalue weighted by Crippen LogP contribution is 2.39. The molecule has 0 amide bonds. The van der Waals surface area contributed by atoms with Crippen LogP contribution in [0.3, 0.4) is 0 Å². The second kappa shape index (κ2) is 6.60. The molecule has 4 heteroatoms. The summed E-state index contributed by atoms with van der Waals surface area (Å²) in [4.78, 5) is 0. The lowest BCUT2D eigenvalue weighted by Crippen LogP contribution is -2.48. The number of aromatic nitrogens is 3. The molecule has 1 aromatic heterocycles. The van der Waals surface area contributed by atoms with E-state index >= 15 is 0 Å². The van der Waals surface area contributed by atoms with Crippen LogP contribution < -0.4 is 0 Å². The average Bonchev–Trinajstić information content (AvgIpc) is 3.13. The summed E-state index contributed by atoms with van der Waals surface area (Å²) >= 11 is 0. The van der Waals surface area contributed by atoms with E-state index in [1.54, 1.807) is 0 Å². The van der Waals surface area contributed by atoms with Crippen molar-refractivity contribution in [3.05, 3.63) is 60.2 Å². The Morgan fingerprint density at radius 2 is 1.68 bits per heavy atom. The Bertz CT molecular complexity index is 838. The lowest BCUT2D eigenvalue weighted by Gasteiger charge is -2.40. The minimum Gasteiger partial charge on any atom is -0.390 e. The van der Waals surface area contributed by atoms with Crippen molar-refractivity contribution in [1.82, 2.24) is 15.0 Å². The summed E-state index contributed by atoms with van der Waals surface area (Å²) in [6, 6.07) is 18.2. The van der Waals surface area contributed by atoms with Gasteiger partial charge in [0.25, 0.3) is 0 Å². The van der Waals surface area contributed by atoms with Crippen LogP contribution >= 0.6 is 0 Å². The van der Waals surface area contributed by atoms with Gasteiger partial charge in [0.1, 0.15) is 11.1 Å². The van der Waals surface area contributed by atoms with Gasteiger partial charge in [0, 0.05) is 0 Å². The van der Waals surface area contributed by atoms with E-state index in [2.05, 4.69) is 29.4 Å². The predicted molar refractivity (Wildman–Crippen MR) is 99.3 cm³/mol. The van der Waals surface area contributed by atoms with E-state index in [0.717, 1.165) is 29.4 Å². The molecule has 1 heterocycles. The van der Waals surface area contributed by atoms with Crippen molar-refractivity contribution in [2.75, 3.05) is 0 Å². The summed E-state index contributed by atoms with van der Waals surface area (Å²) in [5.41, 5.74) is 2.26. The summed E-state index contributed by atoms with van der Waals surface area (Å²) in [5.74, 6) is 0.293. The van der Waals surface area contributed by atoms with E-state index in [-0.39, 0.29) is 0 Å². The maximum absolute atomic E-state index is 11.5. The molecule has 2 unspecified atom stereocenters. The second-order valence-electron chi connectivity index (χ2n) is 7.35. The molecule has 0 bridgehead atoms. The average molecular weight is 335 g/mol. The lowest BCUT2D eigenvalue weighted by molar-refractivity contribution is 0.00190. The van der Waals surface area contributed by atoms with E-state index in [0.29, 0.717) is 5.92 Å². The molecule has 4 rings (SSSR count). The van der Waals surface area contributed by atoms with Gasteiger partial charge in [-0.3, -0.25) is 0 Å². The predicted octanol–water partition coefficient (Wildman–Crippen LogP) is 4.14. The molecule has 0 aliphatic heterocycles. The number of hydrogen-bond acceptors (Lipinski definition) is 3. The molecule has 130 valence electrons. The van der Waals surface area contributed by atoms with Gasteiger partial charge in [-0.25, -0.2) is 4.68 Å². The highest BCUT2D eigenvalue weighted by molar-refractivity contribution is 5.74. The normalized spacial score (nSPS) is 19.6. The standard InChI is InChI=1S/C21H25N3O/c1-21(17-12-6-3-7-13-17,20(25)16-10-4-2-5-11-16)24-19-15-9-8-14-18(19)22-23-24/h3,6-9,12-16,20,25H,2,4-5,10-11H2,1H3. The van der Waals surface area contributed by atoms with Crippen molar-refractivity contribution in [2.24, 2.45) is 5.92 Å². The summed E-state index contributed by atoms with van der Waals surface area (Å²) in [6.07, 6.45) is 5.33. The molecule has 4 nitrogen and oxygen atoms in total. The number of aliphatic hydroxyl groups excluding tert-OH is 1. The van der Waals surface area contributed by atoms with Crippen LogP contribution in [0.1, 0.15) is 44.6 Å². The van der Waals surface area contributed by atoms with Crippen LogP contribution in [0.5, 0.6) is 0 Å². The third kappa shape index (κ3) is 2.74. The van der Waals surface area contributed by atoms with Crippen molar-refractivity contribution in [3.8, 4) is 0 Å². The first-order valence-electron chi connectivity index (χ1n) is 9.26. The number of nitrogens with zero attached hydrogens (tertiary/aromatic N) is 3. The SMILES string of the molecule is CC(c1ccccc1)(C(O)C1CCCCC1)n1nnc2ccccc21. The Labute approximate surface area is 148 Å². The van der Waals surface area contributed by atoms with Crippen molar-refractivity contribution >= 4 is 11.0 Å². The maximum atomic E-state index is 11.5. The third-order valence-electron chi connectivity index (χ3n) is 5.82. The van der Waals surface area contributed by atoms with Gasteiger partial charge in [0.15, 0.2) is 0 Å². The number of aliphatic hydroxyl groups is 1. The van der Waals surface area contributed by atoms with E-state index < -0.39 is 11.6 Å². The molecular formula is C21H25N3O. The number of benzene rings is 2. The van der Waals surface area contributed by atoms with E-state index in [1.807, 2.05) is 47.1 Å². The third-order valence-corrected chi connectivity index (χ3v) is 5.82. The lowest BCUT2D eigenvalue weighted by atomic mass is 9.74. The summed E-state index contributed by atoms with van der Waals surface area (Å²) in [7, 11) is 0. The monoisotopic (exact) mass is 335 g/mol. The molecule has 1 saturated carbocycles. The Hall–Kier alpha value is -2.20. The molecule has 0 radical (unpaired) electrons. The van der Waals surface area contributed by atoms with Gasteiger partial charge in [-0.05, 0) is 43.4 Å². The first-order chi connectivity index (χ1) is 12.2. The zero-order chi connectivity index (χ0) is 17.3. The van der Waals surface area contributed by atoms with Crippen LogP contribution in [-0.4, -0.2) is 26.2 Å². The van der Waals surface area contributed by atoms with Crippen LogP contribution in [0, 0.1) is 5.92 Å². The minimum absolute atomic E-state index is 0.293. The Morgan fingerprint density at radius 1 is 1.00 bits per heavy atom. The molecule has 1 aliphatic carbocycles. The smallest absolute Gasteiger partial charge is 0.113 e. The summed E-state index contributed by atoms with van der Waals surface area (Å²) in [5, 5.41) is 20.3. The van der Waals surface area contributed by atoms with Gasteiger partial charge < -0.3 is 5.11 Å².